The quantitative estimate of drug-likeness (QED) is 0.707. The summed E-state index contributed by atoms with van der Waals surface area (Å²) < 4.78 is 0. The van der Waals surface area contributed by atoms with E-state index in [0.29, 0.717) is 11.4 Å². The smallest absolute Gasteiger partial charge is 0.249 e. The Morgan fingerprint density at radius 1 is 1.29 bits per heavy atom. The van der Waals surface area contributed by atoms with Crippen LogP contribution in [-0.2, 0) is 16.0 Å². The topological polar surface area (TPSA) is 92.4 Å². The lowest BCUT2D eigenvalue weighted by Crippen LogP contribution is -2.49. The number of primary amides is 1. The number of nitrogens with one attached hydrogen (secondary N) is 1. The SMILES string of the molecule is CC(C)C[C@@H](O)C(=O)N[C@@H](Cc1ccc(Cl)cc1)C(N)=O. The highest BCUT2D eigenvalue weighted by Gasteiger charge is 2.23. The molecule has 6 heteroatoms. The average molecular weight is 313 g/mol. The van der Waals surface area contributed by atoms with Crippen LogP contribution in [0.5, 0.6) is 0 Å². The number of benzene rings is 1. The molecule has 21 heavy (non-hydrogen) atoms. The number of hydrogen-bond acceptors (Lipinski definition) is 3. The first-order valence-corrected chi connectivity index (χ1v) is 7.19. The number of carbonyl (C=O) groups is 2. The van der Waals surface area contributed by atoms with E-state index >= 15 is 0 Å². The summed E-state index contributed by atoms with van der Waals surface area (Å²) in [6.07, 6.45) is -0.553. The van der Waals surface area contributed by atoms with E-state index in [2.05, 4.69) is 5.32 Å². The number of halogens is 1. The van der Waals surface area contributed by atoms with Crippen LogP contribution in [0.3, 0.4) is 0 Å². The largest absolute Gasteiger partial charge is 0.383 e. The van der Waals surface area contributed by atoms with Crippen LogP contribution >= 0.6 is 11.6 Å². The number of aliphatic hydroxyl groups excluding tert-OH is 1. The highest BCUT2D eigenvalue weighted by atomic mass is 35.5. The van der Waals surface area contributed by atoms with E-state index < -0.39 is 24.0 Å². The fourth-order valence-corrected chi connectivity index (χ4v) is 2.03. The lowest BCUT2D eigenvalue weighted by molar-refractivity contribution is -0.133. The summed E-state index contributed by atoms with van der Waals surface area (Å²) in [6.45, 7) is 3.80. The third-order valence-electron chi connectivity index (χ3n) is 3.01. The van der Waals surface area contributed by atoms with E-state index in [1.54, 1.807) is 24.3 Å². The third kappa shape index (κ3) is 6.14. The van der Waals surface area contributed by atoms with Crippen molar-refractivity contribution in [3.63, 3.8) is 0 Å². The van der Waals surface area contributed by atoms with Gasteiger partial charge in [-0.25, -0.2) is 0 Å². The van der Waals surface area contributed by atoms with Gasteiger partial charge in [-0.3, -0.25) is 9.59 Å². The Bertz CT molecular complexity index is 488. The molecule has 1 aromatic carbocycles. The normalized spacial score (nSPS) is 13.8. The second-order valence-electron chi connectivity index (χ2n) is 5.44. The van der Waals surface area contributed by atoms with E-state index in [4.69, 9.17) is 17.3 Å². The summed E-state index contributed by atoms with van der Waals surface area (Å²) in [5.74, 6) is -1.05. The van der Waals surface area contributed by atoms with Gasteiger partial charge in [-0.05, 0) is 30.0 Å². The molecule has 4 N–H and O–H groups in total. The first-order valence-electron chi connectivity index (χ1n) is 6.81. The van der Waals surface area contributed by atoms with Crippen molar-refractivity contribution >= 4 is 23.4 Å². The molecule has 0 saturated heterocycles. The van der Waals surface area contributed by atoms with Gasteiger partial charge in [0.05, 0.1) is 0 Å². The molecule has 0 fully saturated rings. The van der Waals surface area contributed by atoms with E-state index in [1.807, 2.05) is 13.8 Å². The minimum atomic E-state index is -1.14. The van der Waals surface area contributed by atoms with E-state index in [-0.39, 0.29) is 12.3 Å². The van der Waals surface area contributed by atoms with Crippen molar-refractivity contribution < 1.29 is 14.7 Å². The molecule has 1 aromatic rings. The molecule has 0 bridgehead atoms. The molecule has 5 nitrogen and oxygen atoms in total. The monoisotopic (exact) mass is 312 g/mol. The molecular weight excluding hydrogens is 292 g/mol. The zero-order valence-electron chi connectivity index (χ0n) is 12.2. The lowest BCUT2D eigenvalue weighted by atomic mass is 10.0. The van der Waals surface area contributed by atoms with Crippen molar-refractivity contribution in [2.45, 2.75) is 38.8 Å². The molecule has 2 atom stereocenters. The van der Waals surface area contributed by atoms with Crippen molar-refractivity contribution in [1.82, 2.24) is 5.32 Å². The van der Waals surface area contributed by atoms with Crippen LogP contribution in [0.2, 0.25) is 5.02 Å². The zero-order valence-corrected chi connectivity index (χ0v) is 12.9. The molecule has 0 unspecified atom stereocenters. The molecular formula is C15H21ClN2O3. The van der Waals surface area contributed by atoms with Crippen LogP contribution in [0.4, 0.5) is 0 Å². The summed E-state index contributed by atoms with van der Waals surface area (Å²) in [5, 5.41) is 12.8. The van der Waals surface area contributed by atoms with Crippen molar-refractivity contribution in [1.29, 1.82) is 0 Å². The van der Waals surface area contributed by atoms with Gasteiger partial charge in [0.25, 0.3) is 0 Å². The summed E-state index contributed by atoms with van der Waals surface area (Å²) in [4.78, 5) is 23.3. The number of hydrogen-bond donors (Lipinski definition) is 3. The van der Waals surface area contributed by atoms with E-state index in [0.717, 1.165) is 5.56 Å². The van der Waals surface area contributed by atoms with Crippen molar-refractivity contribution in [2.75, 3.05) is 0 Å². The fourth-order valence-electron chi connectivity index (χ4n) is 1.90. The predicted octanol–water partition coefficient (Wildman–Crippen LogP) is 1.26. The van der Waals surface area contributed by atoms with Gasteiger partial charge in [-0.15, -0.1) is 0 Å². The Morgan fingerprint density at radius 2 is 1.86 bits per heavy atom. The molecule has 1 rings (SSSR count). The minimum Gasteiger partial charge on any atom is -0.383 e. The number of amides is 2. The number of nitrogens with two attached hydrogens (primary N) is 1. The maximum atomic E-state index is 11.8. The Morgan fingerprint density at radius 3 is 2.33 bits per heavy atom. The van der Waals surface area contributed by atoms with E-state index in [9.17, 15) is 14.7 Å². The van der Waals surface area contributed by atoms with Gasteiger partial charge in [0, 0.05) is 11.4 Å². The second kappa shape index (κ2) is 8.00. The van der Waals surface area contributed by atoms with Gasteiger partial charge in [0.1, 0.15) is 12.1 Å². The Kier molecular flexibility index (Phi) is 6.65. The number of carbonyl (C=O) groups excluding carboxylic acids is 2. The van der Waals surface area contributed by atoms with Crippen LogP contribution in [0, 0.1) is 5.92 Å². The molecule has 0 aliphatic rings. The Hall–Kier alpha value is -1.59. The van der Waals surface area contributed by atoms with Crippen LogP contribution in [0.25, 0.3) is 0 Å². The molecule has 0 aliphatic heterocycles. The standard InChI is InChI=1S/C15H21ClN2O3/c1-9(2)7-13(19)15(21)18-12(14(17)20)8-10-3-5-11(16)6-4-10/h3-6,9,12-13,19H,7-8H2,1-2H3,(H2,17,20)(H,18,21)/t12-,13+/m0/s1. The van der Waals surface area contributed by atoms with Crippen molar-refractivity contribution in [2.24, 2.45) is 11.7 Å². The number of aliphatic hydroxyl groups is 1. The summed E-state index contributed by atoms with van der Waals surface area (Å²) in [7, 11) is 0. The third-order valence-corrected chi connectivity index (χ3v) is 3.26. The van der Waals surface area contributed by atoms with Crippen LogP contribution in [0.1, 0.15) is 25.8 Å². The average Bonchev–Trinajstić information content (AvgIpc) is 2.39. The van der Waals surface area contributed by atoms with Crippen molar-refractivity contribution in [3.8, 4) is 0 Å². The van der Waals surface area contributed by atoms with Gasteiger partial charge in [-0.2, -0.15) is 0 Å². The summed E-state index contributed by atoms with van der Waals surface area (Å²) in [5.41, 5.74) is 6.12. The molecule has 0 aromatic heterocycles. The van der Waals surface area contributed by atoms with Crippen LogP contribution in [-0.4, -0.2) is 29.1 Å². The second-order valence-corrected chi connectivity index (χ2v) is 5.88. The maximum Gasteiger partial charge on any atom is 0.249 e. The molecule has 2 amide bonds. The van der Waals surface area contributed by atoms with Crippen molar-refractivity contribution in [3.05, 3.63) is 34.9 Å². The molecule has 116 valence electrons. The fraction of sp³-hybridized carbons (Fsp3) is 0.467. The summed E-state index contributed by atoms with van der Waals surface area (Å²) in [6, 6.07) is 6.05. The van der Waals surface area contributed by atoms with Gasteiger partial charge < -0.3 is 16.2 Å². The number of rotatable bonds is 7. The van der Waals surface area contributed by atoms with Crippen LogP contribution < -0.4 is 11.1 Å². The van der Waals surface area contributed by atoms with E-state index in [1.165, 1.54) is 0 Å². The molecule has 0 saturated carbocycles. The molecule has 0 heterocycles. The first-order chi connectivity index (χ1) is 9.79. The first kappa shape index (κ1) is 17.5. The Labute approximate surface area is 129 Å². The minimum absolute atomic E-state index is 0.175. The van der Waals surface area contributed by atoms with Gasteiger partial charge in [0.2, 0.25) is 11.8 Å². The molecule has 0 radical (unpaired) electrons. The van der Waals surface area contributed by atoms with Gasteiger partial charge in [0.15, 0.2) is 0 Å². The van der Waals surface area contributed by atoms with Gasteiger partial charge >= 0.3 is 0 Å². The summed E-state index contributed by atoms with van der Waals surface area (Å²) >= 11 is 5.79. The van der Waals surface area contributed by atoms with Gasteiger partial charge in [-0.1, -0.05) is 37.6 Å². The Balaban J connectivity index is 2.67. The molecule has 0 spiro atoms. The predicted molar refractivity (Wildman–Crippen MR) is 81.7 cm³/mol. The lowest BCUT2D eigenvalue weighted by Gasteiger charge is -2.19. The highest BCUT2D eigenvalue weighted by Crippen LogP contribution is 2.11. The zero-order chi connectivity index (χ0) is 16.0. The molecule has 0 aliphatic carbocycles. The maximum absolute atomic E-state index is 11.8. The highest BCUT2D eigenvalue weighted by molar-refractivity contribution is 6.30. The van der Waals surface area contributed by atoms with Crippen LogP contribution in [0.15, 0.2) is 24.3 Å².